The average Bonchev–Trinajstić information content (AvgIpc) is 2.67. The van der Waals surface area contributed by atoms with Crippen LogP contribution in [0.2, 0.25) is 0 Å². The number of rotatable bonds is 4. The summed E-state index contributed by atoms with van der Waals surface area (Å²) in [5.41, 5.74) is 4.97. The summed E-state index contributed by atoms with van der Waals surface area (Å²) in [6, 6.07) is 0.434. The quantitative estimate of drug-likeness (QED) is 0.779. The summed E-state index contributed by atoms with van der Waals surface area (Å²) in [5.74, 6) is -0.204. The molecule has 4 heteroatoms. The lowest BCUT2D eigenvalue weighted by atomic mass is 9.78. The first kappa shape index (κ1) is 15.8. The Hall–Kier alpha value is -0.610. The van der Waals surface area contributed by atoms with Crippen LogP contribution in [0, 0.1) is 0 Å². The van der Waals surface area contributed by atoms with Gasteiger partial charge in [0.25, 0.3) is 0 Å². The van der Waals surface area contributed by atoms with Crippen LogP contribution in [0.25, 0.3) is 0 Å². The van der Waals surface area contributed by atoms with Crippen molar-refractivity contribution in [1.82, 2.24) is 5.32 Å². The van der Waals surface area contributed by atoms with Gasteiger partial charge in [-0.25, -0.2) is 0 Å². The summed E-state index contributed by atoms with van der Waals surface area (Å²) in [6.45, 7) is 4.83. The van der Waals surface area contributed by atoms with Gasteiger partial charge in [0, 0.05) is 19.1 Å². The Morgan fingerprint density at radius 2 is 1.95 bits per heavy atom. The van der Waals surface area contributed by atoms with Crippen molar-refractivity contribution in [2.75, 3.05) is 6.61 Å². The maximum atomic E-state index is 12.1. The number of primary amides is 1. The number of carbonyl (C=O) groups is 1. The van der Waals surface area contributed by atoms with Gasteiger partial charge in [0.1, 0.15) is 5.54 Å². The van der Waals surface area contributed by atoms with Crippen LogP contribution in [0.15, 0.2) is 0 Å². The standard InChI is InChI=1S/C16H30N2O2/c1-3-15(2)12-16(14(17)19,10-11-20-15)18-13-8-6-4-5-7-9-13/h13,18H,3-12H2,1-2H3,(H2,17,19). The van der Waals surface area contributed by atoms with E-state index in [2.05, 4.69) is 19.2 Å². The van der Waals surface area contributed by atoms with E-state index in [9.17, 15) is 4.79 Å². The fourth-order valence-corrected chi connectivity index (χ4v) is 3.70. The number of nitrogens with two attached hydrogens (primary N) is 1. The lowest BCUT2D eigenvalue weighted by Gasteiger charge is -2.46. The molecule has 20 heavy (non-hydrogen) atoms. The predicted octanol–water partition coefficient (Wildman–Crippen LogP) is 2.50. The maximum Gasteiger partial charge on any atom is 0.237 e. The molecule has 2 rings (SSSR count). The highest BCUT2D eigenvalue weighted by Crippen LogP contribution is 2.35. The van der Waals surface area contributed by atoms with Crippen LogP contribution in [0.4, 0.5) is 0 Å². The van der Waals surface area contributed by atoms with E-state index in [1.165, 1.54) is 38.5 Å². The van der Waals surface area contributed by atoms with Gasteiger partial charge in [-0.05, 0) is 32.6 Å². The molecule has 0 spiro atoms. The minimum atomic E-state index is -0.571. The third kappa shape index (κ3) is 3.53. The van der Waals surface area contributed by atoms with E-state index in [1.54, 1.807) is 0 Å². The molecule has 2 atom stereocenters. The second-order valence-corrected chi connectivity index (χ2v) is 6.86. The van der Waals surface area contributed by atoms with Crippen molar-refractivity contribution in [1.29, 1.82) is 0 Å². The predicted molar refractivity (Wildman–Crippen MR) is 80.4 cm³/mol. The Bertz CT molecular complexity index is 339. The minimum Gasteiger partial charge on any atom is -0.375 e. The van der Waals surface area contributed by atoms with Gasteiger partial charge in [-0.3, -0.25) is 4.79 Å². The van der Waals surface area contributed by atoms with Crippen LogP contribution in [0.5, 0.6) is 0 Å². The molecule has 1 saturated heterocycles. The van der Waals surface area contributed by atoms with E-state index in [-0.39, 0.29) is 11.5 Å². The first-order valence-electron chi connectivity index (χ1n) is 8.21. The molecule has 2 fully saturated rings. The van der Waals surface area contributed by atoms with Gasteiger partial charge in [-0.2, -0.15) is 0 Å². The van der Waals surface area contributed by atoms with Gasteiger partial charge in [0.05, 0.1) is 5.60 Å². The number of hydrogen-bond acceptors (Lipinski definition) is 3. The fraction of sp³-hybridized carbons (Fsp3) is 0.938. The molecule has 0 radical (unpaired) electrons. The number of hydrogen-bond donors (Lipinski definition) is 2. The molecule has 1 amide bonds. The maximum absolute atomic E-state index is 12.1. The van der Waals surface area contributed by atoms with Crippen molar-refractivity contribution >= 4 is 5.91 Å². The molecule has 116 valence electrons. The van der Waals surface area contributed by atoms with Gasteiger partial charge in [0.15, 0.2) is 0 Å². The topological polar surface area (TPSA) is 64.3 Å². The van der Waals surface area contributed by atoms with Crippen molar-refractivity contribution < 1.29 is 9.53 Å². The van der Waals surface area contributed by atoms with Crippen LogP contribution >= 0.6 is 0 Å². The second-order valence-electron chi connectivity index (χ2n) is 6.86. The summed E-state index contributed by atoms with van der Waals surface area (Å²) < 4.78 is 5.89. The molecule has 2 aliphatic rings. The van der Waals surface area contributed by atoms with Crippen LogP contribution in [0.3, 0.4) is 0 Å². The Morgan fingerprint density at radius 3 is 2.50 bits per heavy atom. The summed E-state index contributed by atoms with van der Waals surface area (Å²) in [7, 11) is 0. The molecule has 1 saturated carbocycles. The third-order valence-electron chi connectivity index (χ3n) is 5.21. The summed E-state index contributed by atoms with van der Waals surface area (Å²) >= 11 is 0. The largest absolute Gasteiger partial charge is 0.375 e. The van der Waals surface area contributed by atoms with E-state index in [1.807, 2.05) is 0 Å². The van der Waals surface area contributed by atoms with Crippen LogP contribution in [-0.2, 0) is 9.53 Å². The minimum absolute atomic E-state index is 0.204. The zero-order chi connectivity index (χ0) is 14.6. The third-order valence-corrected chi connectivity index (χ3v) is 5.21. The summed E-state index contributed by atoms with van der Waals surface area (Å²) in [6.07, 6.45) is 9.79. The molecule has 0 aromatic carbocycles. The average molecular weight is 282 g/mol. The van der Waals surface area contributed by atoms with Crippen molar-refractivity contribution in [3.05, 3.63) is 0 Å². The highest BCUT2D eigenvalue weighted by Gasteiger charge is 2.47. The smallest absolute Gasteiger partial charge is 0.237 e. The molecule has 0 aromatic heterocycles. The van der Waals surface area contributed by atoms with Crippen molar-refractivity contribution in [2.24, 2.45) is 5.73 Å². The number of amides is 1. The molecule has 4 nitrogen and oxygen atoms in total. The van der Waals surface area contributed by atoms with E-state index < -0.39 is 5.54 Å². The van der Waals surface area contributed by atoms with E-state index in [4.69, 9.17) is 10.5 Å². The fourth-order valence-electron chi connectivity index (χ4n) is 3.70. The molecule has 1 aliphatic carbocycles. The number of nitrogens with one attached hydrogen (secondary N) is 1. The Labute approximate surface area is 122 Å². The molecule has 1 aliphatic heterocycles. The van der Waals surface area contributed by atoms with Gasteiger partial charge in [0.2, 0.25) is 5.91 Å². The van der Waals surface area contributed by atoms with Crippen molar-refractivity contribution in [3.63, 3.8) is 0 Å². The van der Waals surface area contributed by atoms with E-state index >= 15 is 0 Å². The summed E-state index contributed by atoms with van der Waals surface area (Å²) in [4.78, 5) is 12.1. The van der Waals surface area contributed by atoms with Gasteiger partial charge >= 0.3 is 0 Å². The Balaban J connectivity index is 2.10. The zero-order valence-corrected chi connectivity index (χ0v) is 13.0. The van der Waals surface area contributed by atoms with Gasteiger partial charge < -0.3 is 15.8 Å². The highest BCUT2D eigenvalue weighted by molar-refractivity contribution is 5.85. The van der Waals surface area contributed by atoms with Crippen LogP contribution < -0.4 is 11.1 Å². The normalized spacial score (nSPS) is 36.5. The lowest BCUT2D eigenvalue weighted by molar-refractivity contribution is -0.142. The first-order valence-corrected chi connectivity index (χ1v) is 8.21. The molecule has 0 aromatic rings. The first-order chi connectivity index (χ1) is 9.50. The zero-order valence-electron chi connectivity index (χ0n) is 13.0. The lowest BCUT2D eigenvalue weighted by Crippen LogP contribution is -2.64. The molecular weight excluding hydrogens is 252 g/mol. The number of ether oxygens (including phenoxy) is 1. The molecule has 3 N–H and O–H groups in total. The van der Waals surface area contributed by atoms with Crippen molar-refractivity contribution in [2.45, 2.75) is 88.8 Å². The summed E-state index contributed by atoms with van der Waals surface area (Å²) in [5, 5.41) is 3.65. The molecular formula is C16H30N2O2. The Morgan fingerprint density at radius 1 is 1.30 bits per heavy atom. The number of carbonyl (C=O) groups excluding carboxylic acids is 1. The molecule has 0 bridgehead atoms. The van der Waals surface area contributed by atoms with Crippen LogP contribution in [0.1, 0.15) is 71.6 Å². The SMILES string of the molecule is CCC1(C)CC(NC2CCCCCC2)(C(N)=O)CCO1. The van der Waals surface area contributed by atoms with E-state index in [0.29, 0.717) is 25.5 Å². The molecule has 2 unspecified atom stereocenters. The van der Waals surface area contributed by atoms with Gasteiger partial charge in [-0.1, -0.05) is 32.6 Å². The van der Waals surface area contributed by atoms with Gasteiger partial charge in [-0.15, -0.1) is 0 Å². The Kier molecular flexibility index (Phi) is 5.08. The second kappa shape index (κ2) is 6.44. The van der Waals surface area contributed by atoms with E-state index in [0.717, 1.165) is 6.42 Å². The highest BCUT2D eigenvalue weighted by atomic mass is 16.5. The van der Waals surface area contributed by atoms with Crippen LogP contribution in [-0.4, -0.2) is 29.7 Å². The van der Waals surface area contributed by atoms with Crippen molar-refractivity contribution in [3.8, 4) is 0 Å². The monoisotopic (exact) mass is 282 g/mol. The molecule has 1 heterocycles.